The predicted molar refractivity (Wildman–Crippen MR) is 117 cm³/mol. The van der Waals surface area contributed by atoms with Gasteiger partial charge in [0, 0.05) is 13.1 Å². The van der Waals surface area contributed by atoms with E-state index in [-0.39, 0.29) is 5.91 Å². The molecule has 30 heavy (non-hydrogen) atoms. The predicted octanol–water partition coefficient (Wildman–Crippen LogP) is 4.35. The molecule has 1 heterocycles. The summed E-state index contributed by atoms with van der Waals surface area (Å²) in [5.41, 5.74) is 7.96. The van der Waals surface area contributed by atoms with Crippen molar-refractivity contribution in [3.05, 3.63) is 96.8 Å². The number of nitrogens with one attached hydrogen (secondary N) is 1. The molecule has 0 aliphatic rings. The molecule has 4 aromatic rings. The minimum absolute atomic E-state index is 0.108. The molecule has 0 fully saturated rings. The molecule has 0 spiro atoms. The fraction of sp³-hybridized carbons (Fsp3) is 0.0870. The fourth-order valence-corrected chi connectivity index (χ4v) is 2.59. The van der Waals surface area contributed by atoms with Crippen molar-refractivity contribution in [1.29, 1.82) is 0 Å². The summed E-state index contributed by atoms with van der Waals surface area (Å²) in [4.78, 5) is 10.6. The molecule has 0 saturated heterocycles. The van der Waals surface area contributed by atoms with Crippen LogP contribution in [0.3, 0.4) is 0 Å². The van der Waals surface area contributed by atoms with Crippen LogP contribution in [0.2, 0.25) is 0 Å². The number of anilines is 2. The number of hydrogen-bond donors (Lipinski definition) is 2. The number of ether oxygens (including phenoxy) is 1. The first-order valence-corrected chi connectivity index (χ1v) is 9.38. The Hall–Kier alpha value is -4.13. The van der Waals surface area contributed by atoms with Crippen LogP contribution in [0.15, 0.2) is 91.3 Å². The van der Waals surface area contributed by atoms with E-state index < -0.39 is 0 Å². The van der Waals surface area contributed by atoms with E-state index in [2.05, 4.69) is 15.6 Å². The Morgan fingerprint density at radius 3 is 2.27 bits per heavy atom. The van der Waals surface area contributed by atoms with Gasteiger partial charge in [0.15, 0.2) is 0 Å². The highest BCUT2D eigenvalue weighted by molar-refractivity contribution is 5.91. The van der Waals surface area contributed by atoms with Gasteiger partial charge in [0.2, 0.25) is 5.91 Å². The lowest BCUT2D eigenvalue weighted by Gasteiger charge is -2.06. The maximum atomic E-state index is 10.6. The van der Waals surface area contributed by atoms with Crippen molar-refractivity contribution in [2.45, 2.75) is 13.5 Å². The SMILES string of the molecule is CC(=O)Nc1ccccc1N.c1ccc(Oc2ccc(Cn3ccnn3)cc2)cc1. The lowest BCUT2D eigenvalue weighted by Crippen LogP contribution is -2.07. The number of amides is 1. The highest BCUT2D eigenvalue weighted by atomic mass is 16.5. The fourth-order valence-electron chi connectivity index (χ4n) is 2.59. The standard InChI is InChI=1S/C15H13N3O.C8H10N2O/c1-2-4-14(5-3-1)19-15-8-6-13(7-9-15)12-18-11-10-16-17-18;1-6(11)10-8-5-3-2-4-7(8)9/h1-11H,12H2;2-5H,9H2,1H3,(H,10,11). The maximum Gasteiger partial charge on any atom is 0.221 e. The molecule has 0 aliphatic carbocycles. The van der Waals surface area contributed by atoms with Crippen molar-refractivity contribution in [3.8, 4) is 11.5 Å². The first kappa shape index (κ1) is 20.6. The average Bonchev–Trinajstić information content (AvgIpc) is 3.25. The normalized spacial score (nSPS) is 9.90. The van der Waals surface area contributed by atoms with Crippen LogP contribution in [0.4, 0.5) is 11.4 Å². The maximum absolute atomic E-state index is 10.6. The van der Waals surface area contributed by atoms with Crippen LogP contribution in [0.25, 0.3) is 0 Å². The van der Waals surface area contributed by atoms with Crippen LogP contribution in [-0.4, -0.2) is 20.9 Å². The van der Waals surface area contributed by atoms with E-state index in [1.807, 2.05) is 72.9 Å². The van der Waals surface area contributed by atoms with Crippen LogP contribution >= 0.6 is 0 Å². The van der Waals surface area contributed by atoms with Crippen molar-refractivity contribution in [2.75, 3.05) is 11.1 Å². The number of rotatable bonds is 5. The third-order valence-corrected chi connectivity index (χ3v) is 3.99. The molecule has 4 rings (SSSR count). The Morgan fingerprint density at radius 2 is 1.63 bits per heavy atom. The van der Waals surface area contributed by atoms with Crippen molar-refractivity contribution >= 4 is 17.3 Å². The number of benzene rings is 3. The molecule has 152 valence electrons. The summed E-state index contributed by atoms with van der Waals surface area (Å²) in [5.74, 6) is 1.56. The van der Waals surface area contributed by atoms with Crippen molar-refractivity contribution in [3.63, 3.8) is 0 Å². The Balaban J connectivity index is 0.000000199. The second-order valence-electron chi connectivity index (χ2n) is 6.43. The summed E-state index contributed by atoms with van der Waals surface area (Å²) in [5, 5.41) is 10.3. The van der Waals surface area contributed by atoms with Gasteiger partial charge in [0.25, 0.3) is 0 Å². The van der Waals surface area contributed by atoms with E-state index in [9.17, 15) is 4.79 Å². The molecular formula is C23H23N5O2. The van der Waals surface area contributed by atoms with E-state index in [0.717, 1.165) is 17.1 Å². The third-order valence-electron chi connectivity index (χ3n) is 3.99. The van der Waals surface area contributed by atoms with Gasteiger partial charge in [-0.25, -0.2) is 4.68 Å². The molecule has 0 bridgehead atoms. The molecule has 0 unspecified atom stereocenters. The van der Waals surface area contributed by atoms with Gasteiger partial charge in [-0.1, -0.05) is 47.7 Å². The molecule has 3 aromatic carbocycles. The van der Waals surface area contributed by atoms with E-state index in [1.165, 1.54) is 6.92 Å². The highest BCUT2D eigenvalue weighted by Gasteiger charge is 1.99. The second kappa shape index (κ2) is 10.4. The van der Waals surface area contributed by atoms with Gasteiger partial charge in [0.1, 0.15) is 11.5 Å². The van der Waals surface area contributed by atoms with E-state index in [0.29, 0.717) is 17.9 Å². The number of nitrogens with two attached hydrogens (primary N) is 1. The number of para-hydroxylation sites is 3. The Kier molecular flexibility index (Phi) is 7.16. The van der Waals surface area contributed by atoms with Crippen LogP contribution < -0.4 is 15.8 Å². The van der Waals surface area contributed by atoms with Crippen LogP contribution in [0, 0.1) is 0 Å². The van der Waals surface area contributed by atoms with Crippen molar-refractivity contribution in [2.24, 2.45) is 0 Å². The zero-order chi connectivity index (χ0) is 21.2. The summed E-state index contributed by atoms with van der Waals surface area (Å²) >= 11 is 0. The molecule has 3 N–H and O–H groups in total. The average molecular weight is 401 g/mol. The number of nitrogens with zero attached hydrogens (tertiary/aromatic N) is 3. The molecule has 0 radical (unpaired) electrons. The Morgan fingerprint density at radius 1 is 0.967 bits per heavy atom. The van der Waals surface area contributed by atoms with Crippen LogP contribution in [0.5, 0.6) is 11.5 Å². The zero-order valence-electron chi connectivity index (χ0n) is 16.6. The zero-order valence-corrected chi connectivity index (χ0v) is 16.6. The summed E-state index contributed by atoms with van der Waals surface area (Å²) in [6.45, 7) is 2.16. The molecule has 7 nitrogen and oxygen atoms in total. The molecule has 0 saturated carbocycles. The molecular weight excluding hydrogens is 378 g/mol. The first-order valence-electron chi connectivity index (χ1n) is 9.38. The van der Waals surface area contributed by atoms with E-state index in [4.69, 9.17) is 10.5 Å². The quantitative estimate of drug-likeness (QED) is 0.485. The molecule has 1 aromatic heterocycles. The monoisotopic (exact) mass is 401 g/mol. The number of aromatic nitrogens is 3. The topological polar surface area (TPSA) is 95.1 Å². The van der Waals surface area contributed by atoms with Crippen molar-refractivity contribution in [1.82, 2.24) is 15.0 Å². The lowest BCUT2D eigenvalue weighted by atomic mass is 10.2. The minimum atomic E-state index is -0.108. The third kappa shape index (κ3) is 6.49. The van der Waals surface area contributed by atoms with Gasteiger partial charge in [0.05, 0.1) is 24.1 Å². The molecule has 1 amide bonds. The molecule has 0 atom stereocenters. The second-order valence-corrected chi connectivity index (χ2v) is 6.43. The minimum Gasteiger partial charge on any atom is -0.457 e. The van der Waals surface area contributed by atoms with Gasteiger partial charge in [-0.2, -0.15) is 0 Å². The number of hydrogen-bond acceptors (Lipinski definition) is 5. The largest absolute Gasteiger partial charge is 0.457 e. The molecule has 0 aliphatic heterocycles. The van der Waals surface area contributed by atoms with Gasteiger partial charge < -0.3 is 15.8 Å². The number of carbonyl (C=O) groups is 1. The summed E-state index contributed by atoms with van der Waals surface area (Å²) in [6, 6.07) is 24.9. The Labute approximate surface area is 175 Å². The van der Waals surface area contributed by atoms with Crippen LogP contribution in [0.1, 0.15) is 12.5 Å². The van der Waals surface area contributed by atoms with Gasteiger partial charge in [-0.05, 0) is 42.0 Å². The van der Waals surface area contributed by atoms with Crippen molar-refractivity contribution < 1.29 is 9.53 Å². The summed E-state index contributed by atoms with van der Waals surface area (Å²) < 4.78 is 7.52. The molecule has 7 heteroatoms. The van der Waals surface area contributed by atoms with Gasteiger partial charge in [-0.15, -0.1) is 5.10 Å². The first-order chi connectivity index (χ1) is 14.6. The number of nitrogen functional groups attached to an aromatic ring is 1. The Bertz CT molecular complexity index is 1050. The smallest absolute Gasteiger partial charge is 0.221 e. The number of carbonyl (C=O) groups excluding carboxylic acids is 1. The highest BCUT2D eigenvalue weighted by Crippen LogP contribution is 2.21. The summed E-state index contributed by atoms with van der Waals surface area (Å²) in [7, 11) is 0. The lowest BCUT2D eigenvalue weighted by molar-refractivity contribution is -0.114. The van der Waals surface area contributed by atoms with Gasteiger partial charge in [-0.3, -0.25) is 4.79 Å². The van der Waals surface area contributed by atoms with Crippen LogP contribution in [-0.2, 0) is 11.3 Å². The van der Waals surface area contributed by atoms with E-state index >= 15 is 0 Å². The van der Waals surface area contributed by atoms with E-state index in [1.54, 1.807) is 23.0 Å². The van der Waals surface area contributed by atoms with Gasteiger partial charge >= 0.3 is 0 Å². The summed E-state index contributed by atoms with van der Waals surface area (Å²) in [6.07, 6.45) is 3.52.